The summed E-state index contributed by atoms with van der Waals surface area (Å²) in [4.78, 5) is 15.6. The molecule has 2 N–H and O–H groups in total. The van der Waals surface area contributed by atoms with Crippen molar-refractivity contribution in [2.45, 2.75) is 19.1 Å². The summed E-state index contributed by atoms with van der Waals surface area (Å²) >= 11 is 0. The van der Waals surface area contributed by atoms with Gasteiger partial charge in [0.15, 0.2) is 0 Å². The lowest BCUT2D eigenvalue weighted by Gasteiger charge is -2.30. The van der Waals surface area contributed by atoms with Crippen LogP contribution in [0.4, 0.5) is 5.95 Å². The monoisotopic (exact) mass is 414 g/mol. The molecule has 0 aliphatic carbocycles. The Morgan fingerprint density at radius 1 is 1.10 bits per heavy atom. The van der Waals surface area contributed by atoms with E-state index in [9.17, 15) is 5.11 Å². The summed E-state index contributed by atoms with van der Waals surface area (Å²) in [5.41, 5.74) is 6.64. The summed E-state index contributed by atoms with van der Waals surface area (Å²) in [5, 5.41) is 13.7. The number of β-amino-alcohol motifs (C(OH)–C–C–N with tert-alkyl or cyclic N) is 1. The number of aryl methyl sites for hydroxylation is 1. The maximum atomic E-state index is 10.6. The highest BCUT2D eigenvalue weighted by molar-refractivity contribution is 5.81. The highest BCUT2D eigenvalue weighted by atomic mass is 16.3. The predicted molar refractivity (Wildman–Crippen MR) is 122 cm³/mol. The summed E-state index contributed by atoms with van der Waals surface area (Å²) in [7, 11) is 1.98. The van der Waals surface area contributed by atoms with Crippen molar-refractivity contribution < 1.29 is 5.11 Å². The Morgan fingerprint density at radius 2 is 1.97 bits per heavy atom. The molecule has 2 aromatic heterocycles. The first-order valence-corrected chi connectivity index (χ1v) is 10.6. The van der Waals surface area contributed by atoms with Gasteiger partial charge in [-0.3, -0.25) is 4.90 Å². The van der Waals surface area contributed by atoms with Gasteiger partial charge in [0.25, 0.3) is 0 Å². The lowest BCUT2D eigenvalue weighted by atomic mass is 10.00. The maximum Gasteiger partial charge on any atom is 0.223 e. The van der Waals surface area contributed by atoms with Crippen molar-refractivity contribution >= 4 is 17.0 Å². The fourth-order valence-corrected chi connectivity index (χ4v) is 4.17. The first kappa shape index (κ1) is 19.7. The molecule has 0 saturated heterocycles. The number of rotatable bonds is 6. The van der Waals surface area contributed by atoms with Crippen LogP contribution in [0, 0.1) is 0 Å². The summed E-state index contributed by atoms with van der Waals surface area (Å²) in [6.45, 7) is 2.88. The topological polar surface area (TPSA) is 79.1 Å². The molecular formula is C24H26N6O. The molecule has 0 bridgehead atoms. The molecule has 158 valence electrons. The van der Waals surface area contributed by atoms with E-state index < -0.39 is 6.10 Å². The van der Waals surface area contributed by atoms with Crippen LogP contribution in [-0.2, 0) is 20.0 Å². The lowest BCUT2D eigenvalue weighted by Crippen LogP contribution is -2.39. The van der Waals surface area contributed by atoms with Crippen LogP contribution in [0.3, 0.4) is 0 Å². The summed E-state index contributed by atoms with van der Waals surface area (Å²) < 4.78 is 1.99. The molecule has 7 nitrogen and oxygen atoms in total. The molecule has 31 heavy (non-hydrogen) atoms. The van der Waals surface area contributed by atoms with E-state index in [1.54, 1.807) is 6.20 Å². The molecule has 2 aromatic carbocycles. The van der Waals surface area contributed by atoms with Gasteiger partial charge in [0.05, 0.1) is 29.2 Å². The van der Waals surface area contributed by atoms with Crippen molar-refractivity contribution in [3.8, 4) is 11.3 Å². The molecule has 0 saturated carbocycles. The second-order valence-corrected chi connectivity index (χ2v) is 8.11. The van der Waals surface area contributed by atoms with Crippen LogP contribution in [-0.4, -0.2) is 55.3 Å². The third kappa shape index (κ3) is 4.28. The Balaban J connectivity index is 1.21. The van der Waals surface area contributed by atoms with Gasteiger partial charge < -0.3 is 15.0 Å². The number of nitrogens with one attached hydrogen (secondary N) is 1. The molecule has 1 aliphatic rings. The zero-order valence-electron chi connectivity index (χ0n) is 17.6. The summed E-state index contributed by atoms with van der Waals surface area (Å²) in [6, 6.07) is 16.5. The van der Waals surface area contributed by atoms with Crippen molar-refractivity contribution in [3.05, 3.63) is 72.2 Å². The van der Waals surface area contributed by atoms with Crippen molar-refractivity contribution in [1.29, 1.82) is 0 Å². The molecule has 0 amide bonds. The van der Waals surface area contributed by atoms with E-state index in [0.29, 0.717) is 19.0 Å². The zero-order valence-corrected chi connectivity index (χ0v) is 17.6. The number of aromatic nitrogens is 4. The Morgan fingerprint density at radius 3 is 2.87 bits per heavy atom. The van der Waals surface area contributed by atoms with Gasteiger partial charge in [-0.05, 0) is 35.7 Å². The van der Waals surface area contributed by atoms with Crippen LogP contribution in [0.5, 0.6) is 0 Å². The van der Waals surface area contributed by atoms with Crippen LogP contribution < -0.4 is 5.32 Å². The number of hydrogen-bond acceptors (Lipinski definition) is 6. The number of fused-ring (bicyclic) bond motifs is 2. The van der Waals surface area contributed by atoms with E-state index in [1.807, 2.05) is 36.1 Å². The van der Waals surface area contributed by atoms with Gasteiger partial charge in [-0.1, -0.05) is 30.3 Å². The van der Waals surface area contributed by atoms with E-state index in [1.165, 1.54) is 11.1 Å². The van der Waals surface area contributed by atoms with Crippen LogP contribution in [0.1, 0.15) is 11.1 Å². The third-order valence-electron chi connectivity index (χ3n) is 5.85. The fourth-order valence-electron chi connectivity index (χ4n) is 4.17. The van der Waals surface area contributed by atoms with E-state index in [2.05, 4.69) is 55.5 Å². The highest BCUT2D eigenvalue weighted by Crippen LogP contribution is 2.23. The average molecular weight is 415 g/mol. The molecule has 1 unspecified atom stereocenters. The Kier molecular flexibility index (Phi) is 5.36. The molecule has 0 fully saturated rings. The number of imidazole rings is 1. The predicted octanol–water partition coefficient (Wildman–Crippen LogP) is 2.86. The molecule has 1 aliphatic heterocycles. The van der Waals surface area contributed by atoms with Gasteiger partial charge in [-0.15, -0.1) is 0 Å². The third-order valence-corrected chi connectivity index (χ3v) is 5.85. The Labute approximate surface area is 181 Å². The van der Waals surface area contributed by atoms with Gasteiger partial charge in [0.2, 0.25) is 5.95 Å². The minimum atomic E-state index is -0.497. The number of aliphatic hydroxyl groups is 1. The van der Waals surface area contributed by atoms with Crippen molar-refractivity contribution in [2.24, 2.45) is 7.05 Å². The fraction of sp³-hybridized carbons (Fsp3) is 0.292. The number of anilines is 1. The first-order chi connectivity index (χ1) is 15.2. The van der Waals surface area contributed by atoms with Crippen LogP contribution in [0.25, 0.3) is 22.3 Å². The van der Waals surface area contributed by atoms with Crippen LogP contribution in [0.15, 0.2) is 61.1 Å². The second kappa shape index (κ2) is 8.45. The Hall–Kier alpha value is -3.29. The number of benzene rings is 2. The van der Waals surface area contributed by atoms with Gasteiger partial charge in [-0.2, -0.15) is 0 Å². The van der Waals surface area contributed by atoms with Crippen molar-refractivity contribution in [1.82, 2.24) is 24.4 Å². The van der Waals surface area contributed by atoms with E-state index in [4.69, 9.17) is 0 Å². The maximum absolute atomic E-state index is 10.6. The molecular weight excluding hydrogens is 388 g/mol. The van der Waals surface area contributed by atoms with E-state index >= 15 is 0 Å². The van der Waals surface area contributed by atoms with Crippen LogP contribution >= 0.6 is 0 Å². The standard InChI is InChI=1S/C24H26N6O/c1-29-16-27-22-7-6-18(12-23(22)29)21-8-10-25-24(28-21)26-13-20(31)15-30-11-9-17-4-2-3-5-19(17)14-30/h2-8,10,12,16,20,31H,9,11,13-15H2,1H3,(H,25,26,28). The molecule has 3 heterocycles. The Bertz CT molecular complexity index is 1200. The van der Waals surface area contributed by atoms with E-state index in [0.717, 1.165) is 41.8 Å². The highest BCUT2D eigenvalue weighted by Gasteiger charge is 2.18. The quantitative estimate of drug-likeness (QED) is 0.505. The van der Waals surface area contributed by atoms with Gasteiger partial charge in [0.1, 0.15) is 0 Å². The molecule has 1 atom stereocenters. The number of hydrogen-bond donors (Lipinski definition) is 2. The van der Waals surface area contributed by atoms with Crippen molar-refractivity contribution in [3.63, 3.8) is 0 Å². The lowest BCUT2D eigenvalue weighted by molar-refractivity contribution is 0.114. The van der Waals surface area contributed by atoms with Gasteiger partial charge >= 0.3 is 0 Å². The van der Waals surface area contributed by atoms with Gasteiger partial charge in [-0.25, -0.2) is 15.0 Å². The first-order valence-electron chi connectivity index (χ1n) is 10.6. The minimum absolute atomic E-state index is 0.405. The smallest absolute Gasteiger partial charge is 0.223 e. The van der Waals surface area contributed by atoms with Crippen molar-refractivity contribution in [2.75, 3.05) is 25.0 Å². The summed E-state index contributed by atoms with van der Waals surface area (Å²) in [5.74, 6) is 0.519. The molecule has 4 aromatic rings. The largest absolute Gasteiger partial charge is 0.390 e. The molecule has 7 heteroatoms. The average Bonchev–Trinajstić information content (AvgIpc) is 3.18. The normalized spacial score (nSPS) is 15.0. The minimum Gasteiger partial charge on any atom is -0.390 e. The number of nitrogens with zero attached hydrogens (tertiary/aromatic N) is 5. The molecule has 5 rings (SSSR count). The molecule has 0 radical (unpaired) electrons. The SMILES string of the molecule is Cn1cnc2ccc(-c3ccnc(NCC(O)CN4CCc5ccccc5C4)n3)cc21. The zero-order chi connectivity index (χ0) is 21.2. The number of aliphatic hydroxyl groups excluding tert-OH is 1. The summed E-state index contributed by atoms with van der Waals surface area (Å²) in [6.07, 6.45) is 4.08. The van der Waals surface area contributed by atoms with E-state index in [-0.39, 0.29) is 0 Å². The molecule has 0 spiro atoms. The second-order valence-electron chi connectivity index (χ2n) is 8.11. The van der Waals surface area contributed by atoms with Crippen LogP contribution in [0.2, 0.25) is 0 Å². The van der Waals surface area contributed by atoms with Gasteiger partial charge in [0, 0.05) is 45.0 Å².